The molecular formula is C24H24ClN7O2. The second-order valence-corrected chi connectivity index (χ2v) is 8.38. The van der Waals surface area contributed by atoms with Crippen molar-refractivity contribution in [1.29, 1.82) is 0 Å². The number of halogens is 1. The molecule has 0 bridgehead atoms. The number of likely N-dealkylation sites (N-methyl/N-ethyl adjacent to an activating group) is 2. The predicted molar refractivity (Wildman–Crippen MR) is 135 cm³/mol. The van der Waals surface area contributed by atoms with Crippen molar-refractivity contribution in [2.24, 2.45) is 0 Å². The molecule has 9 nitrogen and oxygen atoms in total. The Balaban J connectivity index is 1.83. The van der Waals surface area contributed by atoms with Crippen LogP contribution in [0.1, 0.15) is 0 Å². The Morgan fingerprint density at radius 1 is 1.06 bits per heavy atom. The van der Waals surface area contributed by atoms with E-state index < -0.39 is 0 Å². The highest BCUT2D eigenvalue weighted by Gasteiger charge is 2.20. The molecular weight excluding hydrogens is 454 g/mol. The van der Waals surface area contributed by atoms with E-state index in [0.29, 0.717) is 39.8 Å². The molecule has 0 saturated heterocycles. The molecule has 2 heterocycles. The molecule has 0 unspecified atom stereocenters. The van der Waals surface area contributed by atoms with E-state index in [9.17, 15) is 9.59 Å². The number of nitrogen functional groups attached to an aromatic ring is 1. The molecule has 34 heavy (non-hydrogen) atoms. The van der Waals surface area contributed by atoms with Gasteiger partial charge in [-0.3, -0.25) is 9.36 Å². The molecule has 0 aliphatic rings. The van der Waals surface area contributed by atoms with E-state index in [-0.39, 0.29) is 17.4 Å². The number of fused-ring (bicyclic) bond motifs is 1. The summed E-state index contributed by atoms with van der Waals surface area (Å²) in [5, 5.41) is 0.546. The first-order chi connectivity index (χ1) is 16.3. The number of amides is 1. The molecule has 0 atom stereocenters. The van der Waals surface area contributed by atoms with Crippen LogP contribution in [0.15, 0.2) is 71.8 Å². The highest BCUT2D eigenvalue weighted by atomic mass is 35.5. The Labute approximate surface area is 201 Å². The summed E-state index contributed by atoms with van der Waals surface area (Å²) < 4.78 is 2.90. The van der Waals surface area contributed by atoms with Gasteiger partial charge in [0.1, 0.15) is 11.8 Å². The number of imidazole rings is 1. The molecule has 2 aromatic heterocycles. The van der Waals surface area contributed by atoms with Gasteiger partial charge in [0, 0.05) is 30.4 Å². The van der Waals surface area contributed by atoms with E-state index >= 15 is 0 Å². The van der Waals surface area contributed by atoms with E-state index in [0.717, 1.165) is 0 Å². The Kier molecular flexibility index (Phi) is 6.49. The van der Waals surface area contributed by atoms with Crippen molar-refractivity contribution in [3.8, 4) is 11.4 Å². The number of rotatable bonds is 6. The van der Waals surface area contributed by atoms with Crippen molar-refractivity contribution < 1.29 is 4.79 Å². The molecule has 0 saturated carbocycles. The average Bonchev–Trinajstić information content (AvgIpc) is 3.12. The number of nitrogens with two attached hydrogens (primary N) is 1. The zero-order valence-electron chi connectivity index (χ0n) is 19.0. The van der Waals surface area contributed by atoms with Crippen LogP contribution in [-0.4, -0.2) is 57.6 Å². The van der Waals surface area contributed by atoms with E-state index in [1.807, 2.05) is 19.0 Å². The fraction of sp³-hybridized carbons (Fsp3) is 0.167. The van der Waals surface area contributed by atoms with E-state index in [2.05, 4.69) is 9.97 Å². The lowest BCUT2D eigenvalue weighted by atomic mass is 10.2. The van der Waals surface area contributed by atoms with Crippen molar-refractivity contribution >= 4 is 40.2 Å². The van der Waals surface area contributed by atoms with Gasteiger partial charge in [-0.15, -0.1) is 0 Å². The third-order valence-corrected chi connectivity index (χ3v) is 5.52. The highest BCUT2D eigenvalue weighted by molar-refractivity contribution is 6.30. The van der Waals surface area contributed by atoms with Gasteiger partial charge in [0.05, 0.1) is 11.4 Å². The van der Waals surface area contributed by atoms with Crippen molar-refractivity contribution in [3.63, 3.8) is 0 Å². The normalized spacial score (nSPS) is 11.6. The first-order valence-electron chi connectivity index (χ1n) is 10.5. The van der Waals surface area contributed by atoms with Crippen LogP contribution in [0, 0.1) is 0 Å². The van der Waals surface area contributed by atoms with Gasteiger partial charge in [-0.1, -0.05) is 23.7 Å². The Hall–Kier alpha value is -3.95. The summed E-state index contributed by atoms with van der Waals surface area (Å²) in [6.07, 6.45) is 4.64. The summed E-state index contributed by atoms with van der Waals surface area (Å²) in [5.74, 6) is -0.00760. The number of benzene rings is 2. The summed E-state index contributed by atoms with van der Waals surface area (Å²) >= 11 is 6.03. The first kappa shape index (κ1) is 23.2. The minimum Gasteiger partial charge on any atom is -0.382 e. The average molecular weight is 478 g/mol. The van der Waals surface area contributed by atoms with Gasteiger partial charge < -0.3 is 15.5 Å². The molecule has 174 valence electrons. The lowest BCUT2D eigenvalue weighted by Gasteiger charge is -2.16. The van der Waals surface area contributed by atoms with Gasteiger partial charge >= 0.3 is 5.69 Å². The molecule has 2 aromatic carbocycles. The maximum Gasteiger partial charge on any atom is 0.339 e. The number of hydrogen-bond donors (Lipinski definition) is 1. The Morgan fingerprint density at radius 3 is 2.50 bits per heavy atom. The second kappa shape index (κ2) is 9.50. The number of nitrogens with zero attached hydrogens (tertiary/aromatic N) is 6. The minimum atomic E-state index is -0.374. The van der Waals surface area contributed by atoms with Crippen LogP contribution < -0.4 is 16.3 Å². The van der Waals surface area contributed by atoms with Gasteiger partial charge in [0.2, 0.25) is 5.91 Å². The smallest absolute Gasteiger partial charge is 0.339 e. The standard InChI is InChI=1S/C24H24ClN7O2/c1-29(2)13-5-8-20(33)30(3)18-6-4-7-19(14-18)32-23-21(22(26)27-15-28-23)31(24(32)34)17-11-9-16(25)10-12-17/h4-12,14-15H,13H2,1-3H3,(H2,26,27,28)/b8-5+. The molecule has 0 fully saturated rings. The third kappa shape index (κ3) is 4.43. The fourth-order valence-electron chi connectivity index (χ4n) is 3.55. The van der Waals surface area contributed by atoms with E-state index in [1.165, 1.54) is 26.4 Å². The molecule has 4 rings (SSSR count). The molecule has 4 aromatic rings. The van der Waals surface area contributed by atoms with Gasteiger partial charge in [-0.25, -0.2) is 19.3 Å². The summed E-state index contributed by atoms with van der Waals surface area (Å²) in [6.45, 7) is 0.653. The second-order valence-electron chi connectivity index (χ2n) is 7.94. The number of carbonyl (C=O) groups is 1. The molecule has 1 amide bonds. The van der Waals surface area contributed by atoms with Crippen molar-refractivity contribution in [2.75, 3.05) is 38.3 Å². The van der Waals surface area contributed by atoms with Gasteiger partial charge in [-0.05, 0) is 56.6 Å². The lowest BCUT2D eigenvalue weighted by molar-refractivity contribution is -0.113. The molecule has 0 aliphatic carbocycles. The zero-order chi connectivity index (χ0) is 24.4. The first-order valence-corrected chi connectivity index (χ1v) is 10.8. The monoisotopic (exact) mass is 477 g/mol. The Morgan fingerprint density at radius 2 is 1.79 bits per heavy atom. The fourth-order valence-corrected chi connectivity index (χ4v) is 3.68. The van der Waals surface area contributed by atoms with Crippen LogP contribution in [0.4, 0.5) is 11.5 Å². The van der Waals surface area contributed by atoms with Crippen LogP contribution in [0.2, 0.25) is 5.02 Å². The van der Waals surface area contributed by atoms with Crippen LogP contribution in [-0.2, 0) is 4.79 Å². The van der Waals surface area contributed by atoms with Gasteiger partial charge in [0.25, 0.3) is 0 Å². The molecule has 2 N–H and O–H groups in total. The van der Waals surface area contributed by atoms with Crippen LogP contribution in [0.5, 0.6) is 0 Å². The summed E-state index contributed by atoms with van der Waals surface area (Å²) in [7, 11) is 5.54. The van der Waals surface area contributed by atoms with E-state index in [4.69, 9.17) is 17.3 Å². The van der Waals surface area contributed by atoms with Crippen molar-refractivity contribution in [1.82, 2.24) is 24.0 Å². The number of carbonyl (C=O) groups excluding carboxylic acids is 1. The highest BCUT2D eigenvalue weighted by Crippen LogP contribution is 2.25. The lowest BCUT2D eigenvalue weighted by Crippen LogP contribution is -2.25. The number of anilines is 2. The van der Waals surface area contributed by atoms with Crippen LogP contribution in [0.3, 0.4) is 0 Å². The number of aromatic nitrogens is 4. The largest absolute Gasteiger partial charge is 0.382 e. The van der Waals surface area contributed by atoms with Gasteiger partial charge in [0.15, 0.2) is 11.5 Å². The van der Waals surface area contributed by atoms with E-state index in [1.54, 1.807) is 61.7 Å². The maximum atomic E-state index is 13.6. The molecule has 10 heteroatoms. The molecule has 0 aliphatic heterocycles. The summed E-state index contributed by atoms with van der Waals surface area (Å²) in [6, 6.07) is 13.9. The maximum absolute atomic E-state index is 13.6. The minimum absolute atomic E-state index is 0.172. The summed E-state index contributed by atoms with van der Waals surface area (Å²) in [5.41, 5.74) is 8.26. The molecule has 0 radical (unpaired) electrons. The zero-order valence-corrected chi connectivity index (χ0v) is 19.8. The Bertz CT molecular complexity index is 1440. The summed E-state index contributed by atoms with van der Waals surface area (Å²) in [4.78, 5) is 38.1. The van der Waals surface area contributed by atoms with Crippen LogP contribution >= 0.6 is 11.6 Å². The molecule has 0 spiro atoms. The third-order valence-electron chi connectivity index (χ3n) is 5.27. The quantitative estimate of drug-likeness (QED) is 0.428. The number of hydrogen-bond acceptors (Lipinski definition) is 6. The van der Waals surface area contributed by atoms with Crippen LogP contribution in [0.25, 0.3) is 22.5 Å². The topological polar surface area (TPSA) is 102 Å². The van der Waals surface area contributed by atoms with Crippen molar-refractivity contribution in [2.45, 2.75) is 0 Å². The SMILES string of the molecule is CN(C)C/C=C/C(=O)N(C)c1cccc(-n2c(=O)n(-c3ccc(Cl)cc3)c3c(N)ncnc32)c1. The van der Waals surface area contributed by atoms with Crippen molar-refractivity contribution in [3.05, 3.63) is 82.5 Å². The van der Waals surface area contributed by atoms with Gasteiger partial charge in [-0.2, -0.15) is 0 Å². The predicted octanol–water partition coefficient (Wildman–Crippen LogP) is 2.89.